The van der Waals surface area contributed by atoms with Crippen LogP contribution in [-0.2, 0) is 28.6 Å². The second-order valence-corrected chi connectivity index (χ2v) is 21.3. The number of ether oxygens (including phenoxy) is 3. The Morgan fingerprint density at radius 2 is 0.471 bits per heavy atom. The van der Waals surface area contributed by atoms with Crippen molar-refractivity contribution in [1.29, 1.82) is 0 Å². The fourth-order valence-corrected chi connectivity index (χ4v) is 9.44. The highest BCUT2D eigenvalue weighted by molar-refractivity contribution is 5.71. The summed E-state index contributed by atoms with van der Waals surface area (Å²) in [4.78, 5) is 38.2. The lowest BCUT2D eigenvalue weighted by atomic mass is 10.0. The van der Waals surface area contributed by atoms with Crippen molar-refractivity contribution in [3.8, 4) is 0 Å². The van der Waals surface area contributed by atoms with Gasteiger partial charge in [-0.05, 0) is 70.6 Å². The molecule has 0 bridgehead atoms. The lowest BCUT2D eigenvalue weighted by Gasteiger charge is -2.18. The van der Waals surface area contributed by atoms with Crippen LogP contribution in [0.2, 0.25) is 0 Å². The SMILES string of the molecule is CCCCCCCCC/C=C\CCCCCCCC(=O)OC(COC(=O)CCCCCCCCCCCCC)COC(=O)CCCCCCCCCCCCCCC/C=C\CCCCCCCCCC. The molecule has 0 aromatic rings. The summed E-state index contributed by atoms with van der Waals surface area (Å²) in [6.45, 7) is 6.68. The molecule has 0 heterocycles. The Morgan fingerprint density at radius 1 is 0.271 bits per heavy atom. The van der Waals surface area contributed by atoms with Crippen molar-refractivity contribution < 1.29 is 28.6 Å². The largest absolute Gasteiger partial charge is 0.462 e. The zero-order chi connectivity index (χ0) is 50.7. The maximum absolute atomic E-state index is 12.9. The van der Waals surface area contributed by atoms with E-state index in [1.54, 1.807) is 0 Å². The van der Waals surface area contributed by atoms with Crippen LogP contribution < -0.4 is 0 Å². The Labute approximate surface area is 436 Å². The van der Waals surface area contributed by atoms with Crippen LogP contribution in [0.25, 0.3) is 0 Å². The third kappa shape index (κ3) is 56.8. The molecule has 0 saturated heterocycles. The number of unbranched alkanes of at least 4 members (excludes halogenated alkanes) is 43. The minimum Gasteiger partial charge on any atom is -0.462 e. The van der Waals surface area contributed by atoms with E-state index in [-0.39, 0.29) is 31.1 Å². The third-order valence-electron chi connectivity index (χ3n) is 14.2. The van der Waals surface area contributed by atoms with Crippen molar-refractivity contribution in [2.24, 2.45) is 0 Å². The molecule has 6 heteroatoms. The highest BCUT2D eigenvalue weighted by atomic mass is 16.6. The van der Waals surface area contributed by atoms with E-state index in [4.69, 9.17) is 14.2 Å². The van der Waals surface area contributed by atoms with Gasteiger partial charge in [-0.2, -0.15) is 0 Å². The lowest BCUT2D eigenvalue weighted by Crippen LogP contribution is -2.30. The third-order valence-corrected chi connectivity index (χ3v) is 14.2. The summed E-state index contributed by atoms with van der Waals surface area (Å²) in [5.41, 5.74) is 0. The lowest BCUT2D eigenvalue weighted by molar-refractivity contribution is -0.167. The number of hydrogen-bond donors (Lipinski definition) is 0. The molecule has 0 N–H and O–H groups in total. The van der Waals surface area contributed by atoms with E-state index in [1.807, 2.05) is 0 Å². The Bertz CT molecular complexity index is 1130. The second kappa shape index (κ2) is 59.5. The molecule has 0 fully saturated rings. The van der Waals surface area contributed by atoms with Crippen LogP contribution in [0.5, 0.6) is 0 Å². The summed E-state index contributed by atoms with van der Waals surface area (Å²) in [5, 5.41) is 0. The first-order valence-corrected chi connectivity index (χ1v) is 31.3. The Balaban J connectivity index is 4.20. The molecule has 0 aromatic heterocycles. The minimum atomic E-state index is -0.771. The van der Waals surface area contributed by atoms with Crippen LogP contribution >= 0.6 is 0 Å². The summed E-state index contributed by atoms with van der Waals surface area (Å²) < 4.78 is 16.9. The summed E-state index contributed by atoms with van der Waals surface area (Å²) >= 11 is 0. The maximum Gasteiger partial charge on any atom is 0.306 e. The number of carbonyl (C=O) groups excluding carboxylic acids is 3. The van der Waals surface area contributed by atoms with E-state index in [2.05, 4.69) is 45.1 Å². The van der Waals surface area contributed by atoms with Gasteiger partial charge in [0, 0.05) is 19.3 Å². The van der Waals surface area contributed by atoms with Crippen LogP contribution in [0, 0.1) is 0 Å². The van der Waals surface area contributed by atoms with Crippen molar-refractivity contribution >= 4 is 17.9 Å². The molecule has 412 valence electrons. The average molecular weight is 986 g/mol. The van der Waals surface area contributed by atoms with Gasteiger partial charge in [0.15, 0.2) is 6.10 Å². The van der Waals surface area contributed by atoms with Gasteiger partial charge < -0.3 is 14.2 Å². The number of carbonyl (C=O) groups is 3. The highest BCUT2D eigenvalue weighted by Crippen LogP contribution is 2.17. The second-order valence-electron chi connectivity index (χ2n) is 21.3. The molecule has 0 aliphatic carbocycles. The average Bonchev–Trinajstić information content (AvgIpc) is 3.36. The molecule has 6 nitrogen and oxygen atoms in total. The number of esters is 3. The Hall–Kier alpha value is -2.11. The van der Waals surface area contributed by atoms with E-state index >= 15 is 0 Å². The zero-order valence-electron chi connectivity index (χ0n) is 47.3. The molecule has 0 aliphatic rings. The van der Waals surface area contributed by atoms with Crippen LogP contribution in [0.4, 0.5) is 0 Å². The topological polar surface area (TPSA) is 78.9 Å². The molecule has 0 aromatic carbocycles. The molecule has 0 aliphatic heterocycles. The Kier molecular flexibility index (Phi) is 57.7. The molecule has 0 amide bonds. The van der Waals surface area contributed by atoms with Crippen molar-refractivity contribution in [3.05, 3.63) is 24.3 Å². The van der Waals surface area contributed by atoms with Crippen molar-refractivity contribution in [3.63, 3.8) is 0 Å². The van der Waals surface area contributed by atoms with E-state index in [0.29, 0.717) is 19.3 Å². The van der Waals surface area contributed by atoms with Gasteiger partial charge in [0.25, 0.3) is 0 Å². The fraction of sp³-hybridized carbons (Fsp3) is 0.891. The molecular weight excluding hydrogens is 865 g/mol. The van der Waals surface area contributed by atoms with E-state index < -0.39 is 6.10 Å². The Morgan fingerprint density at radius 3 is 0.714 bits per heavy atom. The smallest absolute Gasteiger partial charge is 0.306 e. The van der Waals surface area contributed by atoms with Crippen LogP contribution in [0.1, 0.15) is 348 Å². The summed E-state index contributed by atoms with van der Waals surface area (Å²) in [7, 11) is 0. The first-order chi connectivity index (χ1) is 34.5. The number of rotatable bonds is 58. The maximum atomic E-state index is 12.9. The van der Waals surface area contributed by atoms with Gasteiger partial charge in [0.1, 0.15) is 13.2 Å². The number of hydrogen-bond acceptors (Lipinski definition) is 6. The van der Waals surface area contributed by atoms with Gasteiger partial charge in [0.2, 0.25) is 0 Å². The minimum absolute atomic E-state index is 0.0698. The fourth-order valence-electron chi connectivity index (χ4n) is 9.44. The molecule has 0 radical (unpaired) electrons. The first kappa shape index (κ1) is 67.9. The summed E-state index contributed by atoms with van der Waals surface area (Å²) in [5.74, 6) is -0.857. The molecule has 70 heavy (non-hydrogen) atoms. The summed E-state index contributed by atoms with van der Waals surface area (Å²) in [6, 6.07) is 0. The predicted octanol–water partition coefficient (Wildman–Crippen LogP) is 21.1. The van der Waals surface area contributed by atoms with Crippen molar-refractivity contribution in [2.45, 2.75) is 354 Å². The van der Waals surface area contributed by atoms with Crippen molar-refractivity contribution in [2.75, 3.05) is 13.2 Å². The number of allylic oxidation sites excluding steroid dienone is 4. The van der Waals surface area contributed by atoms with Crippen LogP contribution in [-0.4, -0.2) is 37.2 Å². The monoisotopic (exact) mass is 985 g/mol. The van der Waals surface area contributed by atoms with Crippen LogP contribution in [0.15, 0.2) is 24.3 Å². The quantitative estimate of drug-likeness (QED) is 0.0261. The zero-order valence-corrected chi connectivity index (χ0v) is 47.3. The molecule has 1 atom stereocenters. The van der Waals surface area contributed by atoms with E-state index in [1.165, 1.54) is 244 Å². The molecule has 0 spiro atoms. The molecule has 0 saturated carbocycles. The molecular formula is C64H120O6. The van der Waals surface area contributed by atoms with Gasteiger partial charge >= 0.3 is 17.9 Å². The van der Waals surface area contributed by atoms with Crippen LogP contribution in [0.3, 0.4) is 0 Å². The normalized spacial score (nSPS) is 12.1. The van der Waals surface area contributed by atoms with Gasteiger partial charge in [-0.15, -0.1) is 0 Å². The molecule has 0 rings (SSSR count). The van der Waals surface area contributed by atoms with Gasteiger partial charge in [-0.3, -0.25) is 14.4 Å². The standard InChI is InChI=1S/C64H120O6/c1-4-7-10-13-16-19-22-24-26-28-29-30-31-32-33-34-35-36-38-39-42-45-48-51-54-57-63(66)69-60-61(59-68-62(65)56-53-50-47-44-41-21-18-15-12-9-6-3)70-64(67)58-55-52-49-46-43-40-37-27-25-23-20-17-14-11-8-5-2/h27-29,37,61H,4-26,30-36,38-60H2,1-3H3/b29-28-,37-27-. The first-order valence-electron chi connectivity index (χ1n) is 31.3. The highest BCUT2D eigenvalue weighted by Gasteiger charge is 2.19. The van der Waals surface area contributed by atoms with Crippen molar-refractivity contribution in [1.82, 2.24) is 0 Å². The van der Waals surface area contributed by atoms with Gasteiger partial charge in [-0.25, -0.2) is 0 Å². The molecule has 1 unspecified atom stereocenters. The van der Waals surface area contributed by atoms with E-state index in [9.17, 15) is 14.4 Å². The predicted molar refractivity (Wildman–Crippen MR) is 303 cm³/mol. The van der Waals surface area contributed by atoms with Gasteiger partial charge in [0.05, 0.1) is 0 Å². The van der Waals surface area contributed by atoms with Gasteiger partial charge in [-0.1, -0.05) is 283 Å². The summed E-state index contributed by atoms with van der Waals surface area (Å²) in [6.07, 6.45) is 70.5. The van der Waals surface area contributed by atoms with E-state index in [0.717, 1.165) is 64.2 Å².